The summed E-state index contributed by atoms with van der Waals surface area (Å²) in [5.74, 6) is 0.527. The minimum absolute atomic E-state index is 0.164. The van der Waals surface area contributed by atoms with Crippen molar-refractivity contribution in [2.45, 2.75) is 45.1 Å². The van der Waals surface area contributed by atoms with Crippen LogP contribution in [-0.2, 0) is 6.42 Å². The first-order valence-electron chi connectivity index (χ1n) is 5.35. The fourth-order valence-corrected chi connectivity index (χ4v) is 3.01. The summed E-state index contributed by atoms with van der Waals surface area (Å²) in [4.78, 5) is 4.38. The van der Waals surface area contributed by atoms with Gasteiger partial charge in [0.05, 0.1) is 11.1 Å². The molecular formula is C11H17NOS. The van der Waals surface area contributed by atoms with Crippen LogP contribution in [-0.4, -0.2) is 16.2 Å². The lowest BCUT2D eigenvalue weighted by atomic mass is 9.99. The third-order valence-corrected chi connectivity index (χ3v) is 3.98. The van der Waals surface area contributed by atoms with Crippen LogP contribution in [0.1, 0.15) is 36.4 Å². The molecule has 1 saturated carbocycles. The van der Waals surface area contributed by atoms with E-state index in [1.165, 1.54) is 25.7 Å². The van der Waals surface area contributed by atoms with Crippen molar-refractivity contribution in [1.82, 2.24) is 4.98 Å². The average Bonchev–Trinajstić information content (AvgIpc) is 2.75. The smallest absolute Gasteiger partial charge is 0.0954 e. The molecule has 1 N–H and O–H groups in total. The van der Waals surface area contributed by atoms with Crippen LogP contribution in [0.5, 0.6) is 0 Å². The molecule has 1 aliphatic carbocycles. The average molecular weight is 211 g/mol. The summed E-state index contributed by atoms with van der Waals surface area (Å²) in [6.07, 6.45) is 5.57. The number of aliphatic hydroxyl groups excluding tert-OH is 1. The highest BCUT2D eigenvalue weighted by molar-refractivity contribution is 7.09. The SMILES string of the molecule is Cc1csc(CC(O)C2CCCC2)n1. The van der Waals surface area contributed by atoms with Gasteiger partial charge < -0.3 is 5.11 Å². The molecule has 1 atom stereocenters. The molecule has 1 heterocycles. The monoisotopic (exact) mass is 211 g/mol. The Bertz CT molecular complexity index is 291. The first kappa shape index (κ1) is 10.1. The van der Waals surface area contributed by atoms with Crippen molar-refractivity contribution in [3.63, 3.8) is 0 Å². The first-order valence-corrected chi connectivity index (χ1v) is 6.23. The van der Waals surface area contributed by atoms with Crippen LogP contribution < -0.4 is 0 Å². The molecule has 0 spiro atoms. The van der Waals surface area contributed by atoms with Crippen molar-refractivity contribution in [2.75, 3.05) is 0 Å². The maximum Gasteiger partial charge on any atom is 0.0954 e. The maximum absolute atomic E-state index is 9.98. The van der Waals surface area contributed by atoms with Crippen LogP contribution in [0.25, 0.3) is 0 Å². The van der Waals surface area contributed by atoms with E-state index in [4.69, 9.17) is 0 Å². The Morgan fingerprint density at radius 2 is 2.29 bits per heavy atom. The predicted molar refractivity (Wildman–Crippen MR) is 58.5 cm³/mol. The Morgan fingerprint density at radius 1 is 1.57 bits per heavy atom. The van der Waals surface area contributed by atoms with E-state index in [-0.39, 0.29) is 6.10 Å². The number of hydrogen-bond donors (Lipinski definition) is 1. The molecule has 2 rings (SSSR count). The zero-order valence-corrected chi connectivity index (χ0v) is 9.39. The fourth-order valence-electron chi connectivity index (χ4n) is 2.18. The number of aromatic nitrogens is 1. The van der Waals surface area contributed by atoms with E-state index in [1.807, 2.05) is 6.92 Å². The second-order valence-corrected chi connectivity index (χ2v) is 5.14. The van der Waals surface area contributed by atoms with Gasteiger partial charge in [0.1, 0.15) is 0 Å². The van der Waals surface area contributed by atoms with Gasteiger partial charge in [0.15, 0.2) is 0 Å². The minimum atomic E-state index is -0.164. The van der Waals surface area contributed by atoms with Gasteiger partial charge in [-0.2, -0.15) is 0 Å². The summed E-state index contributed by atoms with van der Waals surface area (Å²) in [5.41, 5.74) is 1.07. The molecule has 0 aromatic carbocycles. The molecule has 1 aromatic heterocycles. The number of thiazole rings is 1. The van der Waals surface area contributed by atoms with Crippen molar-refractivity contribution in [3.05, 3.63) is 16.1 Å². The zero-order valence-electron chi connectivity index (χ0n) is 8.57. The maximum atomic E-state index is 9.98. The second kappa shape index (κ2) is 4.41. The molecule has 0 saturated heterocycles. The van der Waals surface area contributed by atoms with Crippen molar-refractivity contribution < 1.29 is 5.11 Å². The lowest BCUT2D eigenvalue weighted by Crippen LogP contribution is -2.20. The van der Waals surface area contributed by atoms with E-state index in [0.29, 0.717) is 5.92 Å². The summed E-state index contributed by atoms with van der Waals surface area (Å²) < 4.78 is 0. The fraction of sp³-hybridized carbons (Fsp3) is 0.727. The van der Waals surface area contributed by atoms with E-state index >= 15 is 0 Å². The largest absolute Gasteiger partial charge is 0.392 e. The van der Waals surface area contributed by atoms with Crippen molar-refractivity contribution in [1.29, 1.82) is 0 Å². The van der Waals surface area contributed by atoms with Crippen LogP contribution in [0.15, 0.2) is 5.38 Å². The summed E-state index contributed by atoms with van der Waals surface area (Å²) in [6, 6.07) is 0. The van der Waals surface area contributed by atoms with Crippen LogP contribution in [0.4, 0.5) is 0 Å². The molecule has 0 aliphatic heterocycles. The van der Waals surface area contributed by atoms with Gasteiger partial charge >= 0.3 is 0 Å². The van der Waals surface area contributed by atoms with Gasteiger partial charge in [-0.3, -0.25) is 0 Å². The summed E-state index contributed by atoms with van der Waals surface area (Å²) >= 11 is 1.67. The Hall–Kier alpha value is -0.410. The molecule has 1 fully saturated rings. The minimum Gasteiger partial charge on any atom is -0.392 e. The van der Waals surface area contributed by atoms with Gasteiger partial charge in [-0.1, -0.05) is 12.8 Å². The predicted octanol–water partition coefficient (Wildman–Crippen LogP) is 2.55. The van der Waals surface area contributed by atoms with Crippen LogP contribution in [0.2, 0.25) is 0 Å². The van der Waals surface area contributed by atoms with Crippen molar-refractivity contribution in [2.24, 2.45) is 5.92 Å². The molecule has 0 bridgehead atoms. The third kappa shape index (κ3) is 2.34. The zero-order chi connectivity index (χ0) is 9.97. The normalized spacial score (nSPS) is 20.1. The van der Waals surface area contributed by atoms with Gasteiger partial charge in [-0.25, -0.2) is 4.98 Å². The molecule has 14 heavy (non-hydrogen) atoms. The molecule has 1 aromatic rings. The molecule has 0 amide bonds. The Balaban J connectivity index is 1.90. The molecule has 78 valence electrons. The molecule has 2 nitrogen and oxygen atoms in total. The highest BCUT2D eigenvalue weighted by Gasteiger charge is 2.23. The van der Waals surface area contributed by atoms with E-state index < -0.39 is 0 Å². The summed E-state index contributed by atoms with van der Waals surface area (Å²) in [5, 5.41) is 13.1. The van der Waals surface area contributed by atoms with Gasteiger partial charge in [0.2, 0.25) is 0 Å². The number of rotatable bonds is 3. The highest BCUT2D eigenvalue weighted by Crippen LogP contribution is 2.29. The Kier molecular flexibility index (Phi) is 3.19. The summed E-state index contributed by atoms with van der Waals surface area (Å²) in [7, 11) is 0. The Labute approximate surface area is 89.0 Å². The van der Waals surface area contributed by atoms with Crippen molar-refractivity contribution >= 4 is 11.3 Å². The quantitative estimate of drug-likeness (QED) is 0.833. The van der Waals surface area contributed by atoms with E-state index in [1.54, 1.807) is 11.3 Å². The second-order valence-electron chi connectivity index (χ2n) is 4.20. The van der Waals surface area contributed by atoms with Crippen molar-refractivity contribution in [3.8, 4) is 0 Å². The topological polar surface area (TPSA) is 33.1 Å². The first-order chi connectivity index (χ1) is 6.75. The third-order valence-electron chi connectivity index (χ3n) is 2.99. The molecular weight excluding hydrogens is 194 g/mol. The van der Waals surface area contributed by atoms with Crippen LogP contribution >= 0.6 is 11.3 Å². The molecule has 3 heteroatoms. The van der Waals surface area contributed by atoms with E-state index in [2.05, 4.69) is 10.4 Å². The molecule has 1 aliphatic rings. The molecule has 0 radical (unpaired) electrons. The standard InChI is InChI=1S/C11H17NOS/c1-8-7-14-11(12-8)6-10(13)9-4-2-3-5-9/h7,9-10,13H,2-6H2,1H3. The van der Waals surface area contributed by atoms with Gasteiger partial charge in [0.25, 0.3) is 0 Å². The number of hydrogen-bond acceptors (Lipinski definition) is 3. The Morgan fingerprint density at radius 3 is 2.86 bits per heavy atom. The van der Waals surface area contributed by atoms with Gasteiger partial charge in [-0.05, 0) is 25.7 Å². The highest BCUT2D eigenvalue weighted by atomic mass is 32.1. The van der Waals surface area contributed by atoms with E-state index in [9.17, 15) is 5.11 Å². The lowest BCUT2D eigenvalue weighted by Gasteiger charge is -2.15. The lowest BCUT2D eigenvalue weighted by molar-refractivity contribution is 0.111. The van der Waals surface area contributed by atoms with E-state index in [0.717, 1.165) is 17.1 Å². The number of aryl methyl sites for hydroxylation is 1. The van der Waals surface area contributed by atoms with Gasteiger partial charge in [0, 0.05) is 17.5 Å². The molecule has 1 unspecified atom stereocenters. The van der Waals surface area contributed by atoms with Gasteiger partial charge in [-0.15, -0.1) is 11.3 Å². The van der Waals surface area contributed by atoms with Crippen LogP contribution in [0.3, 0.4) is 0 Å². The number of aliphatic hydroxyl groups is 1. The van der Waals surface area contributed by atoms with Crippen LogP contribution in [0, 0.1) is 12.8 Å². The summed E-state index contributed by atoms with van der Waals surface area (Å²) in [6.45, 7) is 2.00. The number of nitrogens with zero attached hydrogens (tertiary/aromatic N) is 1.